The molecule has 0 bridgehead atoms. The van der Waals surface area contributed by atoms with E-state index < -0.39 is 0 Å². The summed E-state index contributed by atoms with van der Waals surface area (Å²) in [5, 5.41) is 9.17. The van der Waals surface area contributed by atoms with Crippen LogP contribution in [-0.4, -0.2) is 45.8 Å². The van der Waals surface area contributed by atoms with Gasteiger partial charge >= 0.3 is 0 Å². The molecule has 2 aromatic heterocycles. The lowest BCUT2D eigenvalue weighted by molar-refractivity contribution is 0.122. The molecule has 7 heteroatoms. The number of anilines is 1. The van der Waals surface area contributed by atoms with Gasteiger partial charge in [0, 0.05) is 25.5 Å². The summed E-state index contributed by atoms with van der Waals surface area (Å²) < 4.78 is 7.97. The molecule has 3 heterocycles. The highest BCUT2D eigenvalue weighted by atomic mass is 79.9. The van der Waals surface area contributed by atoms with Crippen LogP contribution in [0, 0.1) is 0 Å². The molecule has 1 saturated heterocycles. The Hall–Kier alpha value is -1.18. The number of aliphatic hydroxyl groups is 1. The number of hydrogen-bond acceptors (Lipinski definition) is 5. The minimum atomic E-state index is -0.0676. The zero-order chi connectivity index (χ0) is 12.5. The summed E-state index contributed by atoms with van der Waals surface area (Å²) in [6.07, 6.45) is 3.65. The van der Waals surface area contributed by atoms with Gasteiger partial charge in [-0.1, -0.05) is 0 Å². The van der Waals surface area contributed by atoms with E-state index in [2.05, 4.69) is 30.8 Å². The van der Waals surface area contributed by atoms with Crippen LogP contribution in [0.25, 0.3) is 5.65 Å². The molecule has 2 aromatic rings. The molecule has 1 aliphatic rings. The van der Waals surface area contributed by atoms with Crippen LogP contribution in [0.5, 0.6) is 0 Å². The highest BCUT2D eigenvalue weighted by Gasteiger charge is 2.18. The molecule has 0 amide bonds. The van der Waals surface area contributed by atoms with Gasteiger partial charge in [0.2, 0.25) is 0 Å². The molecule has 1 N–H and O–H groups in total. The van der Waals surface area contributed by atoms with Gasteiger partial charge < -0.3 is 19.1 Å². The molecule has 3 rings (SSSR count). The van der Waals surface area contributed by atoms with E-state index in [1.807, 2.05) is 16.8 Å². The summed E-state index contributed by atoms with van der Waals surface area (Å²) in [4.78, 5) is 11.0. The fourth-order valence-electron chi connectivity index (χ4n) is 2.07. The third-order valence-electron chi connectivity index (χ3n) is 2.91. The van der Waals surface area contributed by atoms with Gasteiger partial charge in [0.05, 0.1) is 25.5 Å². The normalized spacial score (nSPS) is 16.4. The molecule has 18 heavy (non-hydrogen) atoms. The molecule has 0 aromatic carbocycles. The standard InChI is InChI=1S/C11H13BrN4O2/c12-9-6-16-5-8(7-17)13-10(16)11(14-9)15-1-3-18-4-2-15/h5-6,17H,1-4,7H2. The molecule has 0 radical (unpaired) electrons. The largest absolute Gasteiger partial charge is 0.390 e. The van der Waals surface area contributed by atoms with Crippen LogP contribution in [0.15, 0.2) is 17.0 Å². The highest BCUT2D eigenvalue weighted by Crippen LogP contribution is 2.22. The first-order valence-electron chi connectivity index (χ1n) is 5.75. The Morgan fingerprint density at radius 1 is 1.28 bits per heavy atom. The molecule has 96 valence electrons. The van der Waals surface area contributed by atoms with Gasteiger partial charge in [-0.25, -0.2) is 9.97 Å². The fourth-order valence-corrected chi connectivity index (χ4v) is 2.46. The van der Waals surface area contributed by atoms with Gasteiger partial charge in [-0.05, 0) is 15.9 Å². The molecule has 0 unspecified atom stereocenters. The topological polar surface area (TPSA) is 62.9 Å². The van der Waals surface area contributed by atoms with Crippen LogP contribution >= 0.6 is 15.9 Å². The molecule has 0 atom stereocenters. The SMILES string of the molecule is OCc1cn2cc(Br)nc(N3CCOCC3)c2n1. The number of rotatable bonds is 2. The number of ether oxygens (including phenoxy) is 1. The first-order chi connectivity index (χ1) is 8.78. The van der Waals surface area contributed by atoms with Crippen molar-refractivity contribution in [3.05, 3.63) is 22.7 Å². The lowest BCUT2D eigenvalue weighted by atomic mass is 10.4. The monoisotopic (exact) mass is 312 g/mol. The van der Waals surface area contributed by atoms with Crippen molar-refractivity contribution in [2.75, 3.05) is 31.2 Å². The quantitative estimate of drug-likeness (QED) is 0.889. The van der Waals surface area contributed by atoms with E-state index in [0.717, 1.165) is 29.2 Å². The average molecular weight is 313 g/mol. The number of morpholine rings is 1. The Kier molecular flexibility index (Phi) is 3.19. The Morgan fingerprint density at radius 2 is 2.06 bits per heavy atom. The van der Waals surface area contributed by atoms with Crippen molar-refractivity contribution in [3.8, 4) is 0 Å². The zero-order valence-corrected chi connectivity index (χ0v) is 11.3. The van der Waals surface area contributed by atoms with Gasteiger partial charge in [-0.3, -0.25) is 0 Å². The molecular formula is C11H13BrN4O2. The van der Waals surface area contributed by atoms with E-state index in [1.54, 1.807) is 0 Å². The highest BCUT2D eigenvalue weighted by molar-refractivity contribution is 9.10. The molecule has 6 nitrogen and oxygen atoms in total. The molecule has 0 spiro atoms. The van der Waals surface area contributed by atoms with E-state index in [9.17, 15) is 0 Å². The lowest BCUT2D eigenvalue weighted by Crippen LogP contribution is -2.37. The number of hydrogen-bond donors (Lipinski definition) is 1. The predicted molar refractivity (Wildman–Crippen MR) is 69.6 cm³/mol. The zero-order valence-electron chi connectivity index (χ0n) is 9.71. The summed E-state index contributed by atoms with van der Waals surface area (Å²) in [5.74, 6) is 0.826. The van der Waals surface area contributed by atoms with Crippen LogP contribution in [-0.2, 0) is 11.3 Å². The first-order valence-corrected chi connectivity index (χ1v) is 6.55. The van der Waals surface area contributed by atoms with Gasteiger partial charge in [-0.2, -0.15) is 0 Å². The van der Waals surface area contributed by atoms with Crippen LogP contribution in [0.2, 0.25) is 0 Å². The fraction of sp³-hybridized carbons (Fsp3) is 0.455. The summed E-state index contributed by atoms with van der Waals surface area (Å²) in [6.45, 7) is 2.95. The number of halogens is 1. The van der Waals surface area contributed by atoms with Crippen molar-refractivity contribution in [3.63, 3.8) is 0 Å². The number of aliphatic hydroxyl groups excluding tert-OH is 1. The van der Waals surface area contributed by atoms with Crippen LogP contribution in [0.3, 0.4) is 0 Å². The number of aromatic nitrogens is 3. The van der Waals surface area contributed by atoms with E-state index >= 15 is 0 Å². The second-order valence-electron chi connectivity index (χ2n) is 4.11. The Bertz CT molecular complexity index is 565. The molecule has 1 aliphatic heterocycles. The summed E-state index contributed by atoms with van der Waals surface area (Å²) >= 11 is 3.40. The number of fused-ring (bicyclic) bond motifs is 1. The van der Waals surface area contributed by atoms with Gasteiger partial charge in [0.25, 0.3) is 0 Å². The van der Waals surface area contributed by atoms with Crippen LogP contribution < -0.4 is 4.90 Å². The summed E-state index contributed by atoms with van der Waals surface area (Å²) in [6, 6.07) is 0. The lowest BCUT2D eigenvalue weighted by Gasteiger charge is -2.27. The molecule has 0 saturated carbocycles. The summed E-state index contributed by atoms with van der Waals surface area (Å²) in [5.41, 5.74) is 1.41. The smallest absolute Gasteiger partial charge is 0.180 e. The molecular weight excluding hydrogens is 300 g/mol. The third kappa shape index (κ3) is 2.09. The number of nitrogens with zero attached hydrogens (tertiary/aromatic N) is 4. The number of imidazole rings is 1. The van der Waals surface area contributed by atoms with E-state index in [1.165, 1.54) is 0 Å². The van der Waals surface area contributed by atoms with E-state index in [4.69, 9.17) is 9.84 Å². The third-order valence-corrected chi connectivity index (χ3v) is 3.30. The van der Waals surface area contributed by atoms with E-state index in [0.29, 0.717) is 18.9 Å². The average Bonchev–Trinajstić information content (AvgIpc) is 2.81. The second-order valence-corrected chi connectivity index (χ2v) is 4.92. The maximum atomic E-state index is 9.17. The second kappa shape index (κ2) is 4.83. The van der Waals surface area contributed by atoms with E-state index in [-0.39, 0.29) is 6.61 Å². The first kappa shape index (κ1) is 11.9. The van der Waals surface area contributed by atoms with Crippen molar-refractivity contribution >= 4 is 27.4 Å². The molecule has 1 fully saturated rings. The molecule has 0 aliphatic carbocycles. The summed E-state index contributed by atoms with van der Waals surface area (Å²) in [7, 11) is 0. The van der Waals surface area contributed by atoms with Crippen molar-refractivity contribution < 1.29 is 9.84 Å². The van der Waals surface area contributed by atoms with Crippen molar-refractivity contribution in [1.29, 1.82) is 0 Å². The van der Waals surface area contributed by atoms with Crippen LogP contribution in [0.4, 0.5) is 5.82 Å². The van der Waals surface area contributed by atoms with Crippen molar-refractivity contribution in [2.45, 2.75) is 6.61 Å². The minimum Gasteiger partial charge on any atom is -0.390 e. The van der Waals surface area contributed by atoms with Crippen molar-refractivity contribution in [2.24, 2.45) is 0 Å². The van der Waals surface area contributed by atoms with Crippen LogP contribution in [0.1, 0.15) is 5.69 Å². The Labute approximate surface area is 112 Å². The maximum absolute atomic E-state index is 9.17. The minimum absolute atomic E-state index is 0.0676. The maximum Gasteiger partial charge on any atom is 0.180 e. The van der Waals surface area contributed by atoms with Gasteiger partial charge in [0.1, 0.15) is 4.60 Å². The Balaban J connectivity index is 2.10. The van der Waals surface area contributed by atoms with Gasteiger partial charge in [-0.15, -0.1) is 0 Å². The predicted octanol–water partition coefficient (Wildman–Crippen LogP) is 0.821. The van der Waals surface area contributed by atoms with Gasteiger partial charge in [0.15, 0.2) is 11.5 Å². The Morgan fingerprint density at radius 3 is 2.78 bits per heavy atom. The van der Waals surface area contributed by atoms with Crippen molar-refractivity contribution in [1.82, 2.24) is 14.4 Å².